The van der Waals surface area contributed by atoms with Gasteiger partial charge in [0.25, 0.3) is 6.71 Å². The van der Waals surface area contributed by atoms with Gasteiger partial charge in [-0.05, 0) is 81.7 Å². The zero-order valence-electron chi connectivity index (χ0n) is 25.2. The van der Waals surface area contributed by atoms with E-state index in [9.17, 15) is 0 Å². The molecule has 6 aromatic carbocycles. The predicted octanol–water partition coefficient (Wildman–Crippen LogP) is 8.82. The van der Waals surface area contributed by atoms with Crippen LogP contribution in [0, 0.1) is 0 Å². The molecule has 0 radical (unpaired) electrons. The van der Waals surface area contributed by atoms with Gasteiger partial charge in [0.15, 0.2) is 0 Å². The summed E-state index contributed by atoms with van der Waals surface area (Å²) in [6, 6.07) is 50.5. The summed E-state index contributed by atoms with van der Waals surface area (Å²) in [6.07, 6.45) is 0. The average molecular weight is 577 g/mol. The van der Waals surface area contributed by atoms with Crippen LogP contribution in [0.5, 0.6) is 0 Å². The maximum atomic E-state index is 7.06. The normalized spacial score (nSPS) is 14.9. The highest BCUT2D eigenvalue weighted by molar-refractivity contribution is 7.01. The average Bonchev–Trinajstić information content (AvgIpc) is 3.58. The van der Waals surface area contributed by atoms with Crippen LogP contribution in [0.2, 0.25) is 0 Å². The van der Waals surface area contributed by atoms with Gasteiger partial charge in [0.05, 0.1) is 0 Å². The summed E-state index contributed by atoms with van der Waals surface area (Å²) in [6.45, 7) is 4.71. The number of hydrogen-bond acceptors (Lipinski definition) is 3. The number of fused-ring (bicyclic) bond motifs is 10. The van der Waals surface area contributed by atoms with Crippen LogP contribution in [0.4, 0.5) is 34.3 Å². The van der Waals surface area contributed by atoms with Crippen molar-refractivity contribution in [2.75, 3.05) is 9.80 Å². The second kappa shape index (κ2) is 8.80. The molecule has 212 valence electrons. The third-order valence-corrected chi connectivity index (χ3v) is 10.3. The van der Waals surface area contributed by atoms with E-state index in [0.29, 0.717) is 0 Å². The molecule has 0 fully saturated rings. The molecule has 4 heteroatoms. The maximum Gasteiger partial charge on any atom is 0.257 e. The first kappa shape index (κ1) is 24.9. The highest BCUT2D eigenvalue weighted by Crippen LogP contribution is 2.53. The van der Waals surface area contributed by atoms with E-state index in [1.165, 1.54) is 55.4 Å². The largest absolute Gasteiger partial charge is 0.440 e. The molecule has 45 heavy (non-hydrogen) atoms. The van der Waals surface area contributed by atoms with Crippen LogP contribution in [0.15, 0.2) is 144 Å². The van der Waals surface area contributed by atoms with Gasteiger partial charge in [-0.15, -0.1) is 0 Å². The SMILES string of the molecule is CC1(C)c2ccccc2-c2c1ccc1oc3c(c21)B1c2ccccc2N(c2ccccc2)c2cccc(c21)N3c1ccccc1. The van der Waals surface area contributed by atoms with Gasteiger partial charge in [-0.1, -0.05) is 105 Å². The van der Waals surface area contributed by atoms with Gasteiger partial charge in [0.2, 0.25) is 5.88 Å². The Morgan fingerprint density at radius 3 is 1.93 bits per heavy atom. The van der Waals surface area contributed by atoms with E-state index < -0.39 is 0 Å². The lowest BCUT2D eigenvalue weighted by atomic mass is 9.33. The maximum absolute atomic E-state index is 7.06. The summed E-state index contributed by atoms with van der Waals surface area (Å²) in [7, 11) is 0. The fourth-order valence-electron chi connectivity index (χ4n) is 8.37. The Morgan fingerprint density at radius 2 is 1.16 bits per heavy atom. The van der Waals surface area contributed by atoms with Crippen LogP contribution in [-0.4, -0.2) is 6.71 Å². The summed E-state index contributed by atoms with van der Waals surface area (Å²) < 4.78 is 7.06. The molecule has 0 amide bonds. The topological polar surface area (TPSA) is 19.6 Å². The Balaban J connectivity index is 1.37. The Morgan fingerprint density at radius 1 is 0.533 bits per heavy atom. The number of para-hydroxylation sites is 3. The van der Waals surface area contributed by atoms with E-state index >= 15 is 0 Å². The molecule has 2 aliphatic heterocycles. The third kappa shape index (κ3) is 3.16. The molecule has 3 aliphatic rings. The van der Waals surface area contributed by atoms with Crippen LogP contribution in [0.25, 0.3) is 22.1 Å². The molecule has 10 rings (SSSR count). The summed E-state index contributed by atoms with van der Waals surface area (Å²) in [5.74, 6) is 0.907. The number of hydrogen-bond donors (Lipinski definition) is 0. The lowest BCUT2D eigenvalue weighted by molar-refractivity contribution is 0.622. The molecule has 7 aromatic rings. The lowest BCUT2D eigenvalue weighted by Gasteiger charge is -2.42. The van der Waals surface area contributed by atoms with Gasteiger partial charge in [-0.3, -0.25) is 4.90 Å². The van der Waals surface area contributed by atoms with Gasteiger partial charge in [-0.2, -0.15) is 0 Å². The Bertz CT molecular complexity index is 2320. The fraction of sp³-hybridized carbons (Fsp3) is 0.0732. The first-order valence-corrected chi connectivity index (χ1v) is 15.7. The summed E-state index contributed by atoms with van der Waals surface area (Å²) >= 11 is 0. The highest BCUT2D eigenvalue weighted by atomic mass is 16.4. The van der Waals surface area contributed by atoms with Crippen molar-refractivity contribution in [3.05, 3.63) is 151 Å². The van der Waals surface area contributed by atoms with E-state index in [4.69, 9.17) is 4.42 Å². The third-order valence-electron chi connectivity index (χ3n) is 10.3. The molecule has 0 atom stereocenters. The quantitative estimate of drug-likeness (QED) is 0.192. The molecule has 3 nitrogen and oxygen atoms in total. The lowest BCUT2D eigenvalue weighted by Crippen LogP contribution is -2.61. The van der Waals surface area contributed by atoms with Crippen molar-refractivity contribution < 1.29 is 4.42 Å². The van der Waals surface area contributed by atoms with Crippen molar-refractivity contribution in [3.8, 4) is 11.1 Å². The zero-order chi connectivity index (χ0) is 29.9. The monoisotopic (exact) mass is 576 g/mol. The van der Waals surface area contributed by atoms with Gasteiger partial charge >= 0.3 is 0 Å². The smallest absolute Gasteiger partial charge is 0.257 e. The van der Waals surface area contributed by atoms with E-state index in [0.717, 1.165) is 28.5 Å². The van der Waals surface area contributed by atoms with Gasteiger partial charge < -0.3 is 9.32 Å². The fourth-order valence-corrected chi connectivity index (χ4v) is 8.37. The van der Waals surface area contributed by atoms with Crippen molar-refractivity contribution >= 4 is 68.4 Å². The van der Waals surface area contributed by atoms with E-state index in [1.807, 2.05) is 0 Å². The van der Waals surface area contributed by atoms with Crippen molar-refractivity contribution in [1.29, 1.82) is 0 Å². The van der Waals surface area contributed by atoms with Crippen LogP contribution in [0.1, 0.15) is 25.0 Å². The molecule has 3 heterocycles. The Hall–Kier alpha value is -5.48. The standard InChI is InChI=1S/C41H29BN2O/c1-41(2)29-19-10-9-18-28(29)36-30(41)24-25-35-37(36)39-40(45-35)44(27-16-7-4-8-17-27)34-23-13-22-33-38(34)42(39)31-20-11-12-21-32(31)43(33)26-14-5-3-6-15-26/h3-25H,1-2H3. The molecule has 1 aromatic heterocycles. The number of anilines is 6. The van der Waals surface area contributed by atoms with Crippen LogP contribution < -0.4 is 26.2 Å². The molecular formula is C41H29BN2O. The number of nitrogens with zero attached hydrogens (tertiary/aromatic N) is 2. The zero-order valence-corrected chi connectivity index (χ0v) is 25.2. The predicted molar refractivity (Wildman–Crippen MR) is 188 cm³/mol. The number of rotatable bonds is 2. The molecule has 0 unspecified atom stereocenters. The minimum Gasteiger partial charge on any atom is -0.440 e. The van der Waals surface area contributed by atoms with Crippen molar-refractivity contribution in [2.45, 2.75) is 19.3 Å². The molecule has 0 spiro atoms. The molecule has 1 aliphatic carbocycles. The molecular weight excluding hydrogens is 547 g/mol. The van der Waals surface area contributed by atoms with Crippen LogP contribution >= 0.6 is 0 Å². The molecule has 0 saturated heterocycles. The molecule has 0 N–H and O–H groups in total. The minimum absolute atomic E-state index is 0.00551. The van der Waals surface area contributed by atoms with Crippen LogP contribution in [0.3, 0.4) is 0 Å². The van der Waals surface area contributed by atoms with Crippen molar-refractivity contribution in [3.63, 3.8) is 0 Å². The second-order valence-corrected chi connectivity index (χ2v) is 12.9. The van der Waals surface area contributed by atoms with Crippen LogP contribution in [-0.2, 0) is 5.41 Å². The minimum atomic E-state index is -0.101. The van der Waals surface area contributed by atoms with E-state index in [2.05, 4.69) is 163 Å². The summed E-state index contributed by atoms with van der Waals surface area (Å²) in [5.41, 5.74) is 15.9. The number of furan rings is 1. The summed E-state index contributed by atoms with van der Waals surface area (Å²) in [4.78, 5) is 4.78. The second-order valence-electron chi connectivity index (χ2n) is 12.9. The van der Waals surface area contributed by atoms with Crippen molar-refractivity contribution in [2.24, 2.45) is 0 Å². The molecule has 0 bridgehead atoms. The van der Waals surface area contributed by atoms with Gasteiger partial charge in [-0.25, -0.2) is 0 Å². The first-order valence-electron chi connectivity index (χ1n) is 15.7. The first-order chi connectivity index (χ1) is 22.1. The Labute approximate surface area is 263 Å². The van der Waals surface area contributed by atoms with Gasteiger partial charge in [0.1, 0.15) is 5.58 Å². The van der Waals surface area contributed by atoms with E-state index in [-0.39, 0.29) is 12.1 Å². The highest BCUT2D eigenvalue weighted by Gasteiger charge is 2.47. The Kier molecular flexibility index (Phi) is 4.87. The van der Waals surface area contributed by atoms with Gasteiger partial charge in [0, 0.05) is 44.7 Å². The number of benzene rings is 6. The van der Waals surface area contributed by atoms with Crippen molar-refractivity contribution in [1.82, 2.24) is 0 Å². The van der Waals surface area contributed by atoms with E-state index in [1.54, 1.807) is 0 Å². The molecule has 0 saturated carbocycles. The summed E-state index contributed by atoms with van der Waals surface area (Å²) in [5, 5.41) is 1.23.